The van der Waals surface area contributed by atoms with Gasteiger partial charge in [0.2, 0.25) is 0 Å². The predicted molar refractivity (Wildman–Crippen MR) is 67.1 cm³/mol. The fraction of sp³-hybridized carbons (Fsp3) is 0.923. The third-order valence-electron chi connectivity index (χ3n) is 3.92. The maximum Gasteiger partial charge on any atom is 0.0684 e. The van der Waals surface area contributed by atoms with Crippen molar-refractivity contribution in [1.82, 2.24) is 10.2 Å². The van der Waals surface area contributed by atoms with E-state index in [1.54, 1.807) is 0 Å². The predicted octanol–water partition coefficient (Wildman–Crippen LogP) is 2.00. The van der Waals surface area contributed by atoms with Gasteiger partial charge in [0.15, 0.2) is 0 Å². The second-order valence-electron chi connectivity index (χ2n) is 5.89. The van der Waals surface area contributed by atoms with Crippen LogP contribution < -0.4 is 5.32 Å². The molecule has 1 N–H and O–H groups in total. The fourth-order valence-electron chi connectivity index (χ4n) is 2.14. The minimum absolute atomic E-state index is 0.197. The number of nitriles is 1. The van der Waals surface area contributed by atoms with Crippen LogP contribution in [0, 0.1) is 16.7 Å². The van der Waals surface area contributed by atoms with E-state index in [9.17, 15) is 0 Å². The van der Waals surface area contributed by atoms with Gasteiger partial charge in [0, 0.05) is 12.1 Å². The lowest BCUT2D eigenvalue weighted by Crippen LogP contribution is -2.56. The van der Waals surface area contributed by atoms with Crippen molar-refractivity contribution >= 4 is 0 Å². The molecule has 1 rings (SSSR count). The molecule has 0 aromatic carbocycles. The summed E-state index contributed by atoms with van der Waals surface area (Å²) in [5, 5.41) is 12.4. The molecule has 0 radical (unpaired) electrons. The van der Waals surface area contributed by atoms with Crippen LogP contribution in [0.25, 0.3) is 0 Å². The molecule has 1 aliphatic carbocycles. The number of likely N-dealkylation sites (N-methyl/N-ethyl adjacent to an activating group) is 1. The van der Waals surface area contributed by atoms with Crippen LogP contribution in [0.1, 0.15) is 39.5 Å². The molecule has 0 amide bonds. The van der Waals surface area contributed by atoms with E-state index in [0.717, 1.165) is 19.5 Å². The van der Waals surface area contributed by atoms with E-state index in [2.05, 4.69) is 30.4 Å². The van der Waals surface area contributed by atoms with Crippen molar-refractivity contribution in [3.8, 4) is 6.07 Å². The second-order valence-corrected chi connectivity index (χ2v) is 5.89. The van der Waals surface area contributed by atoms with Gasteiger partial charge in [-0.05, 0) is 60.2 Å². The first-order chi connectivity index (χ1) is 7.42. The first-order valence-electron chi connectivity index (χ1n) is 6.21. The van der Waals surface area contributed by atoms with Crippen LogP contribution in [0.15, 0.2) is 0 Å². The van der Waals surface area contributed by atoms with Gasteiger partial charge in [-0.1, -0.05) is 0 Å². The zero-order chi connectivity index (χ0) is 12.2. The molecule has 1 aliphatic rings. The SMILES string of the molecule is CN(C)C1(CNCCC(C)(C)C#N)CCC1. The van der Waals surface area contributed by atoms with Crippen LogP contribution in [0.3, 0.4) is 0 Å². The van der Waals surface area contributed by atoms with Crippen molar-refractivity contribution in [2.45, 2.75) is 45.1 Å². The molecular weight excluding hydrogens is 198 g/mol. The van der Waals surface area contributed by atoms with Crippen LogP contribution in [0.5, 0.6) is 0 Å². The first-order valence-corrected chi connectivity index (χ1v) is 6.21. The van der Waals surface area contributed by atoms with Crippen molar-refractivity contribution < 1.29 is 0 Å². The second kappa shape index (κ2) is 5.16. The Morgan fingerprint density at radius 3 is 2.38 bits per heavy atom. The molecule has 16 heavy (non-hydrogen) atoms. The monoisotopic (exact) mass is 223 g/mol. The van der Waals surface area contributed by atoms with E-state index in [0.29, 0.717) is 5.54 Å². The average Bonchev–Trinajstić information content (AvgIpc) is 2.14. The number of nitrogens with zero attached hydrogens (tertiary/aromatic N) is 2. The molecular formula is C13H25N3. The summed E-state index contributed by atoms with van der Waals surface area (Å²) >= 11 is 0. The Hall–Kier alpha value is -0.590. The molecule has 0 aromatic heterocycles. The minimum atomic E-state index is -0.197. The first kappa shape index (κ1) is 13.5. The molecule has 3 nitrogen and oxygen atoms in total. The standard InChI is InChI=1S/C13H25N3/c1-12(2,10-14)8-9-15-11-13(16(3)4)6-5-7-13/h15H,5-9,11H2,1-4H3. The van der Waals surface area contributed by atoms with Crippen LogP contribution >= 0.6 is 0 Å². The maximum absolute atomic E-state index is 8.91. The molecule has 0 saturated heterocycles. The van der Waals surface area contributed by atoms with Crippen molar-refractivity contribution in [3.05, 3.63) is 0 Å². The number of hydrogen-bond donors (Lipinski definition) is 1. The number of rotatable bonds is 6. The Kier molecular flexibility index (Phi) is 4.35. The molecule has 92 valence electrons. The van der Waals surface area contributed by atoms with Gasteiger partial charge in [-0.3, -0.25) is 0 Å². The lowest BCUT2D eigenvalue weighted by molar-refractivity contribution is 0.0598. The molecule has 0 bridgehead atoms. The normalized spacial score (nSPS) is 19.2. The molecule has 3 heteroatoms. The van der Waals surface area contributed by atoms with Crippen molar-refractivity contribution in [1.29, 1.82) is 5.26 Å². The minimum Gasteiger partial charge on any atom is -0.315 e. The lowest BCUT2D eigenvalue weighted by Gasteiger charge is -2.47. The number of nitrogens with one attached hydrogen (secondary N) is 1. The molecule has 1 fully saturated rings. The Labute approximate surface area is 99.8 Å². The molecule has 0 unspecified atom stereocenters. The molecule has 0 aromatic rings. The molecule has 0 spiro atoms. The van der Waals surface area contributed by atoms with Gasteiger partial charge in [0.1, 0.15) is 0 Å². The largest absolute Gasteiger partial charge is 0.315 e. The van der Waals surface area contributed by atoms with Gasteiger partial charge in [-0.15, -0.1) is 0 Å². The van der Waals surface area contributed by atoms with E-state index < -0.39 is 0 Å². The summed E-state index contributed by atoms with van der Waals surface area (Å²) in [4.78, 5) is 2.35. The van der Waals surface area contributed by atoms with Crippen LogP contribution in [-0.4, -0.2) is 37.6 Å². The van der Waals surface area contributed by atoms with Crippen LogP contribution in [0.2, 0.25) is 0 Å². The zero-order valence-electron chi connectivity index (χ0n) is 11.1. The number of hydrogen-bond acceptors (Lipinski definition) is 3. The van der Waals surface area contributed by atoms with Gasteiger partial charge in [-0.25, -0.2) is 0 Å². The average molecular weight is 223 g/mol. The Morgan fingerprint density at radius 1 is 1.38 bits per heavy atom. The highest BCUT2D eigenvalue weighted by atomic mass is 15.2. The van der Waals surface area contributed by atoms with E-state index in [1.165, 1.54) is 19.3 Å². The quantitative estimate of drug-likeness (QED) is 0.700. The smallest absolute Gasteiger partial charge is 0.0684 e. The van der Waals surface area contributed by atoms with E-state index in [-0.39, 0.29) is 5.41 Å². The van der Waals surface area contributed by atoms with Gasteiger partial charge >= 0.3 is 0 Å². The third-order valence-corrected chi connectivity index (χ3v) is 3.92. The summed E-state index contributed by atoms with van der Waals surface area (Å²) in [6.07, 6.45) is 4.87. The molecule has 1 saturated carbocycles. The van der Waals surface area contributed by atoms with E-state index in [4.69, 9.17) is 5.26 Å². The molecule has 0 heterocycles. The highest BCUT2D eigenvalue weighted by Gasteiger charge is 2.38. The topological polar surface area (TPSA) is 39.1 Å². The van der Waals surface area contributed by atoms with E-state index in [1.807, 2.05) is 13.8 Å². The van der Waals surface area contributed by atoms with Gasteiger partial charge in [0.25, 0.3) is 0 Å². The summed E-state index contributed by atoms with van der Waals surface area (Å²) in [5.74, 6) is 0. The maximum atomic E-state index is 8.91. The van der Waals surface area contributed by atoms with Crippen molar-refractivity contribution in [2.75, 3.05) is 27.2 Å². The van der Waals surface area contributed by atoms with Crippen molar-refractivity contribution in [3.63, 3.8) is 0 Å². The van der Waals surface area contributed by atoms with E-state index >= 15 is 0 Å². The Balaban J connectivity index is 2.23. The highest BCUT2D eigenvalue weighted by molar-refractivity contribution is 4.98. The third kappa shape index (κ3) is 3.20. The van der Waals surface area contributed by atoms with Crippen LogP contribution in [0.4, 0.5) is 0 Å². The van der Waals surface area contributed by atoms with Gasteiger partial charge in [0.05, 0.1) is 11.5 Å². The molecule has 0 atom stereocenters. The Morgan fingerprint density at radius 2 is 2.00 bits per heavy atom. The summed E-state index contributed by atoms with van der Waals surface area (Å²) in [7, 11) is 4.33. The van der Waals surface area contributed by atoms with Crippen LogP contribution in [-0.2, 0) is 0 Å². The molecule has 0 aliphatic heterocycles. The lowest BCUT2D eigenvalue weighted by atomic mass is 9.75. The fourth-order valence-corrected chi connectivity index (χ4v) is 2.14. The van der Waals surface area contributed by atoms with Gasteiger partial charge in [-0.2, -0.15) is 5.26 Å². The summed E-state index contributed by atoms with van der Waals surface area (Å²) < 4.78 is 0. The van der Waals surface area contributed by atoms with Crippen molar-refractivity contribution in [2.24, 2.45) is 5.41 Å². The summed E-state index contributed by atoms with van der Waals surface area (Å²) in [6, 6.07) is 2.34. The summed E-state index contributed by atoms with van der Waals surface area (Å²) in [6.45, 7) is 6.00. The van der Waals surface area contributed by atoms with Gasteiger partial charge < -0.3 is 10.2 Å². The summed E-state index contributed by atoms with van der Waals surface area (Å²) in [5.41, 5.74) is 0.189. The Bertz CT molecular complexity index is 259. The zero-order valence-corrected chi connectivity index (χ0v) is 11.1. The highest BCUT2D eigenvalue weighted by Crippen LogP contribution is 2.35.